The van der Waals surface area contributed by atoms with Gasteiger partial charge < -0.3 is 5.32 Å². The van der Waals surface area contributed by atoms with Crippen molar-refractivity contribution in [3.8, 4) is 0 Å². The van der Waals surface area contributed by atoms with E-state index in [4.69, 9.17) is 11.6 Å². The SMILES string of the molecule is CC(C)C(C)(CNC1CC1)Cc1cccc(Cl)c1. The average Bonchev–Trinajstić information content (AvgIpc) is 3.10. The summed E-state index contributed by atoms with van der Waals surface area (Å²) in [4.78, 5) is 0. The van der Waals surface area contributed by atoms with Crippen LogP contribution in [0.2, 0.25) is 5.02 Å². The predicted octanol–water partition coefficient (Wildman–Crippen LogP) is 4.30. The number of hydrogen-bond donors (Lipinski definition) is 1. The fraction of sp³-hybridized carbons (Fsp3) is 0.625. The second kappa shape index (κ2) is 5.63. The molecule has 1 aliphatic carbocycles. The molecule has 0 aliphatic heterocycles. The van der Waals surface area contributed by atoms with Crippen LogP contribution in [0.4, 0.5) is 0 Å². The molecule has 0 amide bonds. The van der Waals surface area contributed by atoms with Gasteiger partial charge in [-0.1, -0.05) is 44.5 Å². The average molecular weight is 266 g/mol. The third kappa shape index (κ3) is 3.73. The molecule has 1 aromatic rings. The zero-order valence-corrected chi connectivity index (χ0v) is 12.4. The van der Waals surface area contributed by atoms with Crippen LogP contribution in [0, 0.1) is 11.3 Å². The Balaban J connectivity index is 2.03. The first-order valence-electron chi connectivity index (χ1n) is 6.97. The van der Waals surface area contributed by atoms with Crippen LogP contribution in [-0.2, 0) is 6.42 Å². The minimum Gasteiger partial charge on any atom is -0.313 e. The first kappa shape index (κ1) is 13.9. The van der Waals surface area contributed by atoms with E-state index in [9.17, 15) is 0 Å². The molecule has 100 valence electrons. The number of rotatable bonds is 6. The zero-order chi connectivity index (χ0) is 13.2. The Morgan fingerprint density at radius 1 is 1.39 bits per heavy atom. The maximum Gasteiger partial charge on any atom is 0.0408 e. The Hall–Kier alpha value is -0.530. The van der Waals surface area contributed by atoms with E-state index in [-0.39, 0.29) is 0 Å². The van der Waals surface area contributed by atoms with Crippen molar-refractivity contribution in [1.29, 1.82) is 0 Å². The van der Waals surface area contributed by atoms with Crippen LogP contribution >= 0.6 is 11.6 Å². The number of hydrogen-bond acceptors (Lipinski definition) is 1. The Morgan fingerprint density at radius 2 is 2.11 bits per heavy atom. The van der Waals surface area contributed by atoms with Crippen molar-refractivity contribution in [2.24, 2.45) is 11.3 Å². The highest BCUT2D eigenvalue weighted by Crippen LogP contribution is 2.32. The molecule has 1 saturated carbocycles. The molecule has 0 bridgehead atoms. The first-order valence-corrected chi connectivity index (χ1v) is 7.35. The second-order valence-electron chi connectivity index (χ2n) is 6.27. The van der Waals surface area contributed by atoms with Gasteiger partial charge in [-0.25, -0.2) is 0 Å². The van der Waals surface area contributed by atoms with Crippen molar-refractivity contribution in [1.82, 2.24) is 5.32 Å². The van der Waals surface area contributed by atoms with E-state index in [1.165, 1.54) is 18.4 Å². The maximum atomic E-state index is 6.08. The van der Waals surface area contributed by atoms with Crippen LogP contribution in [0.1, 0.15) is 39.2 Å². The van der Waals surface area contributed by atoms with Crippen molar-refractivity contribution in [3.05, 3.63) is 34.9 Å². The summed E-state index contributed by atoms with van der Waals surface area (Å²) in [5, 5.41) is 4.52. The van der Waals surface area contributed by atoms with Crippen molar-refractivity contribution >= 4 is 11.6 Å². The van der Waals surface area contributed by atoms with Gasteiger partial charge in [0.2, 0.25) is 0 Å². The second-order valence-corrected chi connectivity index (χ2v) is 6.71. The van der Waals surface area contributed by atoms with Gasteiger partial charge >= 0.3 is 0 Å². The number of halogens is 1. The van der Waals surface area contributed by atoms with Gasteiger partial charge in [-0.2, -0.15) is 0 Å². The van der Waals surface area contributed by atoms with E-state index in [1.807, 2.05) is 12.1 Å². The third-order valence-electron chi connectivity index (χ3n) is 4.26. The molecule has 1 fully saturated rings. The van der Waals surface area contributed by atoms with Crippen LogP contribution in [0.15, 0.2) is 24.3 Å². The molecule has 1 aliphatic rings. The molecule has 0 spiro atoms. The minimum absolute atomic E-state index is 0.299. The van der Waals surface area contributed by atoms with E-state index in [0.717, 1.165) is 24.0 Å². The highest BCUT2D eigenvalue weighted by atomic mass is 35.5. The summed E-state index contributed by atoms with van der Waals surface area (Å²) >= 11 is 6.08. The predicted molar refractivity (Wildman–Crippen MR) is 79.1 cm³/mol. The van der Waals surface area contributed by atoms with Crippen molar-refractivity contribution < 1.29 is 0 Å². The molecule has 2 rings (SSSR count). The van der Waals surface area contributed by atoms with Gasteiger partial charge in [0.1, 0.15) is 0 Å². The molecule has 1 aromatic carbocycles. The number of benzene rings is 1. The van der Waals surface area contributed by atoms with Gasteiger partial charge in [-0.3, -0.25) is 0 Å². The maximum absolute atomic E-state index is 6.08. The molecule has 1 unspecified atom stereocenters. The molecule has 0 aromatic heterocycles. The van der Waals surface area contributed by atoms with Gasteiger partial charge in [0.25, 0.3) is 0 Å². The quantitative estimate of drug-likeness (QED) is 0.809. The molecule has 0 saturated heterocycles. The topological polar surface area (TPSA) is 12.0 Å². The smallest absolute Gasteiger partial charge is 0.0408 e. The summed E-state index contributed by atoms with van der Waals surface area (Å²) < 4.78 is 0. The molecule has 0 radical (unpaired) electrons. The highest BCUT2D eigenvalue weighted by molar-refractivity contribution is 6.30. The standard InChI is InChI=1S/C16H24ClN/c1-12(2)16(3,11-18-15-7-8-15)10-13-5-4-6-14(17)9-13/h4-6,9,12,15,18H,7-8,10-11H2,1-3H3. The van der Waals surface area contributed by atoms with E-state index in [2.05, 4.69) is 38.2 Å². The van der Waals surface area contributed by atoms with E-state index in [1.54, 1.807) is 0 Å². The Labute approximate surface area is 116 Å². The number of nitrogens with one attached hydrogen (secondary N) is 1. The Kier molecular flexibility index (Phi) is 4.34. The summed E-state index contributed by atoms with van der Waals surface area (Å²) in [6, 6.07) is 9.05. The van der Waals surface area contributed by atoms with Crippen molar-refractivity contribution in [2.75, 3.05) is 6.54 Å². The zero-order valence-electron chi connectivity index (χ0n) is 11.7. The summed E-state index contributed by atoms with van der Waals surface area (Å²) in [5.74, 6) is 0.655. The van der Waals surface area contributed by atoms with Gasteiger partial charge in [-0.05, 0) is 48.3 Å². The lowest BCUT2D eigenvalue weighted by atomic mass is 9.74. The summed E-state index contributed by atoms with van der Waals surface area (Å²) in [5.41, 5.74) is 1.64. The van der Waals surface area contributed by atoms with Gasteiger partial charge in [0, 0.05) is 17.6 Å². The molecule has 0 heterocycles. The molecular weight excluding hydrogens is 242 g/mol. The first-order chi connectivity index (χ1) is 8.49. The summed E-state index contributed by atoms with van der Waals surface area (Å²) in [6.45, 7) is 8.12. The molecule has 2 heteroatoms. The van der Waals surface area contributed by atoms with Gasteiger partial charge in [0.05, 0.1) is 0 Å². The van der Waals surface area contributed by atoms with Crippen LogP contribution < -0.4 is 5.32 Å². The van der Waals surface area contributed by atoms with E-state index < -0.39 is 0 Å². The molecule has 18 heavy (non-hydrogen) atoms. The van der Waals surface area contributed by atoms with Crippen LogP contribution in [-0.4, -0.2) is 12.6 Å². The lowest BCUT2D eigenvalue weighted by Crippen LogP contribution is -2.38. The molecular formula is C16H24ClN. The molecule has 1 nitrogen and oxygen atoms in total. The van der Waals surface area contributed by atoms with Crippen molar-refractivity contribution in [2.45, 2.75) is 46.1 Å². The Bertz CT molecular complexity index is 398. The largest absolute Gasteiger partial charge is 0.313 e. The van der Waals surface area contributed by atoms with Crippen LogP contribution in [0.3, 0.4) is 0 Å². The minimum atomic E-state index is 0.299. The van der Waals surface area contributed by atoms with Crippen molar-refractivity contribution in [3.63, 3.8) is 0 Å². The summed E-state index contributed by atoms with van der Waals surface area (Å²) in [6.07, 6.45) is 3.79. The van der Waals surface area contributed by atoms with Crippen LogP contribution in [0.5, 0.6) is 0 Å². The molecule has 1 N–H and O–H groups in total. The highest BCUT2D eigenvalue weighted by Gasteiger charge is 2.31. The monoisotopic (exact) mass is 265 g/mol. The Morgan fingerprint density at radius 3 is 2.67 bits per heavy atom. The summed E-state index contributed by atoms with van der Waals surface area (Å²) in [7, 11) is 0. The fourth-order valence-electron chi connectivity index (χ4n) is 2.25. The van der Waals surface area contributed by atoms with E-state index in [0.29, 0.717) is 11.3 Å². The lowest BCUT2D eigenvalue weighted by Gasteiger charge is -2.34. The van der Waals surface area contributed by atoms with Gasteiger partial charge in [-0.15, -0.1) is 0 Å². The van der Waals surface area contributed by atoms with E-state index >= 15 is 0 Å². The van der Waals surface area contributed by atoms with Gasteiger partial charge in [0.15, 0.2) is 0 Å². The fourth-order valence-corrected chi connectivity index (χ4v) is 2.46. The lowest BCUT2D eigenvalue weighted by molar-refractivity contribution is 0.206. The third-order valence-corrected chi connectivity index (χ3v) is 4.50. The molecule has 1 atom stereocenters. The van der Waals surface area contributed by atoms with Crippen LogP contribution in [0.25, 0.3) is 0 Å². The normalized spacial score (nSPS) is 18.9.